The average Bonchev–Trinajstić information content (AvgIpc) is 2.78. The van der Waals surface area contributed by atoms with Gasteiger partial charge in [0, 0.05) is 18.7 Å². The Hall–Kier alpha value is -2.82. The molecule has 2 aromatic carbocycles. The van der Waals surface area contributed by atoms with Gasteiger partial charge in [0.1, 0.15) is 16.5 Å². The van der Waals surface area contributed by atoms with Gasteiger partial charge in [-0.05, 0) is 49.4 Å². The standard InChI is InChI=1S/C21H22FNO7S/c1-2-29-17-6-3-15(4-7-17)19(24)14-30-21(25)16-5-8-18(22)20(13-16)31(26,27)23-9-11-28-12-10-23/h3-8,13H,2,9-12,14H2,1H3. The summed E-state index contributed by atoms with van der Waals surface area (Å²) in [5, 5.41) is 0. The molecule has 0 atom stereocenters. The Labute approximate surface area is 179 Å². The van der Waals surface area contributed by atoms with Gasteiger partial charge in [0.25, 0.3) is 0 Å². The van der Waals surface area contributed by atoms with Crippen LogP contribution in [-0.2, 0) is 19.5 Å². The lowest BCUT2D eigenvalue weighted by Crippen LogP contribution is -2.41. The number of sulfonamides is 1. The summed E-state index contributed by atoms with van der Waals surface area (Å²) < 4.78 is 56.2. The van der Waals surface area contributed by atoms with E-state index in [1.165, 1.54) is 0 Å². The van der Waals surface area contributed by atoms with E-state index in [9.17, 15) is 22.4 Å². The number of hydrogen-bond acceptors (Lipinski definition) is 7. The number of carbonyl (C=O) groups excluding carboxylic acids is 2. The highest BCUT2D eigenvalue weighted by Gasteiger charge is 2.30. The smallest absolute Gasteiger partial charge is 0.338 e. The van der Waals surface area contributed by atoms with Gasteiger partial charge in [0.2, 0.25) is 10.0 Å². The first-order chi connectivity index (χ1) is 14.8. The molecule has 1 heterocycles. The number of esters is 1. The van der Waals surface area contributed by atoms with E-state index in [2.05, 4.69) is 0 Å². The molecule has 0 radical (unpaired) electrons. The van der Waals surface area contributed by atoms with Crippen molar-refractivity contribution in [3.63, 3.8) is 0 Å². The topological polar surface area (TPSA) is 99.2 Å². The lowest BCUT2D eigenvalue weighted by atomic mass is 10.1. The van der Waals surface area contributed by atoms with Gasteiger partial charge in [0.15, 0.2) is 12.4 Å². The van der Waals surface area contributed by atoms with Crippen LogP contribution >= 0.6 is 0 Å². The van der Waals surface area contributed by atoms with Crippen LogP contribution in [0.5, 0.6) is 5.75 Å². The van der Waals surface area contributed by atoms with E-state index in [0.29, 0.717) is 17.9 Å². The molecule has 2 aromatic rings. The number of ketones is 1. The summed E-state index contributed by atoms with van der Waals surface area (Å²) in [6, 6.07) is 9.26. The number of nitrogens with zero attached hydrogens (tertiary/aromatic N) is 1. The van der Waals surface area contributed by atoms with Gasteiger partial charge >= 0.3 is 5.97 Å². The third kappa shape index (κ3) is 5.46. The van der Waals surface area contributed by atoms with Gasteiger partial charge in [-0.2, -0.15) is 4.31 Å². The fraction of sp³-hybridized carbons (Fsp3) is 0.333. The molecule has 1 saturated heterocycles. The molecule has 166 valence electrons. The lowest BCUT2D eigenvalue weighted by Gasteiger charge is -2.26. The highest BCUT2D eigenvalue weighted by atomic mass is 32.2. The molecule has 0 spiro atoms. The first-order valence-electron chi connectivity index (χ1n) is 9.63. The summed E-state index contributed by atoms with van der Waals surface area (Å²) in [6.45, 7) is 2.37. The average molecular weight is 451 g/mol. The molecule has 1 fully saturated rings. The van der Waals surface area contributed by atoms with Crippen LogP contribution in [0.1, 0.15) is 27.6 Å². The predicted octanol–water partition coefficient (Wildman–Crippen LogP) is 2.29. The van der Waals surface area contributed by atoms with Crippen LogP contribution in [0.4, 0.5) is 4.39 Å². The molecule has 0 saturated carbocycles. The zero-order valence-electron chi connectivity index (χ0n) is 16.9. The van der Waals surface area contributed by atoms with E-state index in [1.54, 1.807) is 24.3 Å². The summed E-state index contributed by atoms with van der Waals surface area (Å²) in [5.41, 5.74) is 0.152. The Kier molecular flexibility index (Phi) is 7.37. The Morgan fingerprint density at radius 1 is 1.06 bits per heavy atom. The van der Waals surface area contributed by atoms with Crippen LogP contribution in [-0.4, -0.2) is 64.0 Å². The Balaban J connectivity index is 1.69. The van der Waals surface area contributed by atoms with Crippen molar-refractivity contribution in [2.24, 2.45) is 0 Å². The number of hydrogen-bond donors (Lipinski definition) is 0. The van der Waals surface area contributed by atoms with E-state index in [4.69, 9.17) is 14.2 Å². The maximum absolute atomic E-state index is 14.3. The van der Waals surface area contributed by atoms with Crippen LogP contribution in [0.2, 0.25) is 0 Å². The zero-order chi connectivity index (χ0) is 22.4. The second-order valence-electron chi connectivity index (χ2n) is 6.62. The zero-order valence-corrected chi connectivity index (χ0v) is 17.7. The molecule has 0 unspecified atom stereocenters. The molecule has 10 heteroatoms. The molecule has 1 aliphatic heterocycles. The highest BCUT2D eigenvalue weighted by Crippen LogP contribution is 2.22. The monoisotopic (exact) mass is 451 g/mol. The largest absolute Gasteiger partial charge is 0.494 e. The van der Waals surface area contributed by atoms with Gasteiger partial charge in [-0.25, -0.2) is 17.6 Å². The van der Waals surface area contributed by atoms with E-state index in [0.717, 1.165) is 22.5 Å². The number of ether oxygens (including phenoxy) is 3. The molecule has 1 aliphatic rings. The number of Topliss-reactive ketones (excluding diaryl/α,β-unsaturated/α-hetero) is 1. The molecule has 31 heavy (non-hydrogen) atoms. The number of rotatable bonds is 8. The van der Waals surface area contributed by atoms with Crippen molar-refractivity contribution in [1.29, 1.82) is 0 Å². The number of morpholine rings is 1. The second kappa shape index (κ2) is 9.99. The third-order valence-electron chi connectivity index (χ3n) is 4.58. The molecular formula is C21H22FNO7S. The predicted molar refractivity (Wildman–Crippen MR) is 108 cm³/mol. The molecule has 0 amide bonds. The van der Waals surface area contributed by atoms with E-state index >= 15 is 0 Å². The van der Waals surface area contributed by atoms with Gasteiger partial charge in [-0.3, -0.25) is 4.79 Å². The maximum Gasteiger partial charge on any atom is 0.338 e. The molecule has 0 bridgehead atoms. The molecule has 0 N–H and O–H groups in total. The van der Waals surface area contributed by atoms with Crippen molar-refractivity contribution in [3.8, 4) is 5.75 Å². The van der Waals surface area contributed by atoms with Crippen molar-refractivity contribution in [2.75, 3.05) is 39.5 Å². The third-order valence-corrected chi connectivity index (χ3v) is 6.49. The Bertz CT molecular complexity index is 1050. The molecular weight excluding hydrogens is 429 g/mol. The van der Waals surface area contributed by atoms with Crippen molar-refractivity contribution < 1.29 is 36.6 Å². The van der Waals surface area contributed by atoms with Crippen molar-refractivity contribution in [2.45, 2.75) is 11.8 Å². The summed E-state index contributed by atoms with van der Waals surface area (Å²) in [7, 11) is -4.14. The van der Waals surface area contributed by atoms with E-state index in [1.807, 2.05) is 6.92 Å². The van der Waals surface area contributed by atoms with Crippen molar-refractivity contribution in [3.05, 3.63) is 59.4 Å². The maximum atomic E-state index is 14.3. The first-order valence-corrected chi connectivity index (χ1v) is 11.1. The summed E-state index contributed by atoms with van der Waals surface area (Å²) in [6.07, 6.45) is 0. The Morgan fingerprint density at radius 2 is 1.71 bits per heavy atom. The molecule has 0 aliphatic carbocycles. The summed E-state index contributed by atoms with van der Waals surface area (Å²) in [5.74, 6) is -1.75. The van der Waals surface area contributed by atoms with Crippen LogP contribution < -0.4 is 4.74 Å². The number of halogens is 1. The SMILES string of the molecule is CCOc1ccc(C(=O)COC(=O)c2ccc(F)c(S(=O)(=O)N3CCOCC3)c2)cc1. The van der Waals surface area contributed by atoms with E-state index in [-0.39, 0.29) is 31.9 Å². The fourth-order valence-corrected chi connectivity index (χ4v) is 4.45. The second-order valence-corrected chi connectivity index (χ2v) is 8.52. The minimum Gasteiger partial charge on any atom is -0.494 e. The van der Waals surface area contributed by atoms with Crippen LogP contribution in [0.3, 0.4) is 0 Å². The van der Waals surface area contributed by atoms with Crippen LogP contribution in [0.25, 0.3) is 0 Å². The quantitative estimate of drug-likeness (QED) is 0.448. The van der Waals surface area contributed by atoms with Gasteiger partial charge in [-0.1, -0.05) is 0 Å². The van der Waals surface area contributed by atoms with Crippen LogP contribution in [0.15, 0.2) is 47.4 Å². The molecule has 8 nitrogen and oxygen atoms in total. The minimum absolute atomic E-state index is 0.0903. The Morgan fingerprint density at radius 3 is 2.35 bits per heavy atom. The van der Waals surface area contributed by atoms with Gasteiger partial charge < -0.3 is 14.2 Å². The van der Waals surface area contributed by atoms with Crippen molar-refractivity contribution in [1.82, 2.24) is 4.31 Å². The minimum atomic E-state index is -4.14. The first kappa shape index (κ1) is 22.9. The summed E-state index contributed by atoms with van der Waals surface area (Å²) >= 11 is 0. The van der Waals surface area contributed by atoms with Gasteiger partial charge in [-0.15, -0.1) is 0 Å². The molecule has 0 aromatic heterocycles. The number of benzene rings is 2. The molecule has 3 rings (SSSR count). The lowest BCUT2D eigenvalue weighted by molar-refractivity contribution is 0.0474. The normalized spacial score (nSPS) is 14.8. The number of carbonyl (C=O) groups is 2. The highest BCUT2D eigenvalue weighted by molar-refractivity contribution is 7.89. The van der Waals surface area contributed by atoms with Crippen LogP contribution in [0, 0.1) is 5.82 Å². The van der Waals surface area contributed by atoms with Gasteiger partial charge in [0.05, 0.1) is 25.4 Å². The van der Waals surface area contributed by atoms with Crippen molar-refractivity contribution >= 4 is 21.8 Å². The van der Waals surface area contributed by atoms with E-state index < -0.39 is 39.1 Å². The summed E-state index contributed by atoms with van der Waals surface area (Å²) in [4.78, 5) is 24.0. The fourth-order valence-electron chi connectivity index (χ4n) is 2.96.